The molecule has 9 rings (SSSR count). The summed E-state index contributed by atoms with van der Waals surface area (Å²) in [7, 11) is 0. The molecule has 0 saturated carbocycles. The Hall–Kier alpha value is -4.43. The molecule has 0 bridgehead atoms. The van der Waals surface area contributed by atoms with Crippen molar-refractivity contribution in [3.63, 3.8) is 0 Å². The first-order valence-corrected chi connectivity index (χ1v) is 16.2. The summed E-state index contributed by atoms with van der Waals surface area (Å²) in [5, 5.41) is 6.80. The van der Waals surface area contributed by atoms with Gasteiger partial charge in [0.15, 0.2) is 0 Å². The normalized spacial score (nSPS) is 14.5. The Kier molecular flexibility index (Phi) is 5.51. The van der Waals surface area contributed by atoms with Crippen LogP contribution in [0.2, 0.25) is 0 Å². The molecular formula is C35H21N3OS3. The smallest absolute Gasteiger partial charge is 0.129 e. The van der Waals surface area contributed by atoms with Gasteiger partial charge in [-0.3, -0.25) is 0 Å². The number of benzene rings is 5. The molecule has 4 nitrogen and oxygen atoms in total. The van der Waals surface area contributed by atoms with Crippen molar-refractivity contribution in [1.82, 2.24) is 14.6 Å². The molecular weight excluding hydrogens is 575 g/mol. The van der Waals surface area contributed by atoms with Crippen molar-refractivity contribution in [1.29, 1.82) is 0 Å². The fraction of sp³-hybridized carbons (Fsp3) is 0.0571. The second kappa shape index (κ2) is 9.56. The average Bonchev–Trinajstić information content (AvgIpc) is 3.84. The minimum absolute atomic E-state index is 0.0958. The van der Waals surface area contributed by atoms with E-state index in [0.717, 1.165) is 49.6 Å². The summed E-state index contributed by atoms with van der Waals surface area (Å²) in [6.07, 6.45) is 0.736. The number of thiazole rings is 1. The first-order valence-electron chi connectivity index (χ1n) is 13.8. The second-order valence-electron chi connectivity index (χ2n) is 10.4. The molecule has 1 unspecified atom stereocenters. The lowest BCUT2D eigenvalue weighted by Gasteiger charge is -2.21. The van der Waals surface area contributed by atoms with E-state index in [-0.39, 0.29) is 6.10 Å². The molecule has 5 aromatic carbocycles. The quantitative estimate of drug-likeness (QED) is 0.203. The molecule has 0 radical (unpaired) electrons. The monoisotopic (exact) mass is 595 g/mol. The first-order chi connectivity index (χ1) is 20.8. The first kappa shape index (κ1) is 24.2. The number of aromatic nitrogens is 3. The zero-order valence-corrected chi connectivity index (χ0v) is 24.6. The van der Waals surface area contributed by atoms with Crippen molar-refractivity contribution in [3.8, 4) is 37.9 Å². The van der Waals surface area contributed by atoms with Gasteiger partial charge in [0, 0.05) is 38.3 Å². The lowest BCUT2D eigenvalue weighted by atomic mass is 9.88. The van der Waals surface area contributed by atoms with Crippen molar-refractivity contribution in [2.24, 2.45) is 0 Å². The van der Waals surface area contributed by atoms with Gasteiger partial charge in [-0.15, -0.1) is 27.8 Å². The molecule has 3 aromatic heterocycles. The maximum absolute atomic E-state index is 6.65. The van der Waals surface area contributed by atoms with Gasteiger partial charge in [0.25, 0.3) is 0 Å². The molecule has 8 aromatic rings. The Labute approximate surface area is 253 Å². The number of fused-ring (bicyclic) bond motifs is 4. The highest BCUT2D eigenvalue weighted by molar-refractivity contribution is 7.23. The molecule has 0 spiro atoms. The highest BCUT2D eigenvalue weighted by Crippen LogP contribution is 2.51. The van der Waals surface area contributed by atoms with E-state index in [2.05, 4.69) is 113 Å². The summed E-state index contributed by atoms with van der Waals surface area (Å²) < 4.78 is 14.5. The van der Waals surface area contributed by atoms with Gasteiger partial charge in [0.05, 0.1) is 14.9 Å². The Bertz CT molecular complexity index is 2210. The van der Waals surface area contributed by atoms with Gasteiger partial charge in [-0.2, -0.15) is 0 Å². The van der Waals surface area contributed by atoms with Gasteiger partial charge in [-0.25, -0.2) is 4.98 Å². The lowest BCUT2D eigenvalue weighted by molar-refractivity contribution is 0.239. The summed E-state index contributed by atoms with van der Waals surface area (Å²) >= 11 is 5.00. The Morgan fingerprint density at radius 2 is 1.52 bits per heavy atom. The van der Waals surface area contributed by atoms with Crippen LogP contribution in [0.5, 0.6) is 5.75 Å². The number of para-hydroxylation sites is 2. The molecule has 4 heterocycles. The van der Waals surface area contributed by atoms with E-state index in [0.29, 0.717) is 0 Å². The van der Waals surface area contributed by atoms with Crippen molar-refractivity contribution in [3.05, 3.63) is 120 Å². The van der Waals surface area contributed by atoms with Crippen LogP contribution in [0.3, 0.4) is 0 Å². The average molecular weight is 596 g/mol. The Balaban J connectivity index is 1.39. The van der Waals surface area contributed by atoms with Crippen LogP contribution in [0.25, 0.3) is 62.7 Å². The Morgan fingerprint density at radius 3 is 2.43 bits per heavy atom. The zero-order valence-electron chi connectivity index (χ0n) is 22.2. The van der Waals surface area contributed by atoms with E-state index in [1.165, 1.54) is 47.9 Å². The SMILES string of the molecule is c1ccc2c(c1)CC(c1ccc(-c3cccc4snnc34)c(-c3nc4ccccc4s3)c1-c1cc3ccccc3s1)O2. The van der Waals surface area contributed by atoms with Gasteiger partial charge in [-0.1, -0.05) is 77.3 Å². The highest BCUT2D eigenvalue weighted by Gasteiger charge is 2.31. The summed E-state index contributed by atoms with van der Waals surface area (Å²) in [6, 6.07) is 38.6. The van der Waals surface area contributed by atoms with Crippen LogP contribution in [-0.2, 0) is 6.42 Å². The molecule has 0 N–H and O–H groups in total. The van der Waals surface area contributed by atoms with Crippen molar-refractivity contribution in [2.45, 2.75) is 12.5 Å². The number of nitrogens with zero attached hydrogens (tertiary/aromatic N) is 3. The van der Waals surface area contributed by atoms with Crippen LogP contribution in [0.1, 0.15) is 17.2 Å². The number of ether oxygens (including phenoxy) is 1. The van der Waals surface area contributed by atoms with Crippen LogP contribution in [0.4, 0.5) is 0 Å². The van der Waals surface area contributed by atoms with Crippen molar-refractivity contribution < 1.29 is 4.74 Å². The molecule has 1 aliphatic rings. The van der Waals surface area contributed by atoms with Gasteiger partial charge in [-0.05, 0) is 64.4 Å². The van der Waals surface area contributed by atoms with Gasteiger partial charge in [0.2, 0.25) is 0 Å². The summed E-state index contributed by atoms with van der Waals surface area (Å²) in [5.41, 5.74) is 8.84. The van der Waals surface area contributed by atoms with E-state index < -0.39 is 0 Å². The van der Waals surface area contributed by atoms with Gasteiger partial charge in [0.1, 0.15) is 22.4 Å². The molecule has 0 amide bonds. The predicted octanol–water partition coefficient (Wildman–Crippen LogP) is 10.2. The van der Waals surface area contributed by atoms with Gasteiger partial charge >= 0.3 is 0 Å². The second-order valence-corrected chi connectivity index (χ2v) is 13.3. The minimum atomic E-state index is -0.0958. The van der Waals surface area contributed by atoms with E-state index in [1.54, 1.807) is 11.3 Å². The molecule has 7 heteroatoms. The Morgan fingerprint density at radius 1 is 0.690 bits per heavy atom. The molecule has 0 saturated heterocycles. The van der Waals surface area contributed by atoms with Crippen LogP contribution in [0, 0.1) is 0 Å². The topological polar surface area (TPSA) is 47.9 Å². The molecule has 0 fully saturated rings. The highest BCUT2D eigenvalue weighted by atomic mass is 32.1. The third-order valence-electron chi connectivity index (χ3n) is 7.98. The van der Waals surface area contributed by atoms with Crippen LogP contribution in [0.15, 0.2) is 109 Å². The number of rotatable bonds is 4. The third-order valence-corrected chi connectivity index (χ3v) is 10.9. The summed E-state index contributed by atoms with van der Waals surface area (Å²) in [6.45, 7) is 0. The maximum Gasteiger partial charge on any atom is 0.129 e. The van der Waals surface area contributed by atoms with Crippen molar-refractivity contribution in [2.75, 3.05) is 0 Å². The van der Waals surface area contributed by atoms with E-state index in [9.17, 15) is 0 Å². The molecule has 0 aliphatic carbocycles. The zero-order chi connectivity index (χ0) is 27.6. The number of hydrogen-bond donors (Lipinski definition) is 0. The maximum atomic E-state index is 6.65. The molecule has 200 valence electrons. The summed E-state index contributed by atoms with van der Waals surface area (Å²) in [5.74, 6) is 0.966. The van der Waals surface area contributed by atoms with Gasteiger partial charge < -0.3 is 4.74 Å². The van der Waals surface area contributed by atoms with Crippen LogP contribution >= 0.6 is 34.2 Å². The predicted molar refractivity (Wildman–Crippen MR) is 176 cm³/mol. The fourth-order valence-electron chi connectivity index (χ4n) is 6.06. The van der Waals surface area contributed by atoms with Crippen molar-refractivity contribution >= 4 is 64.7 Å². The fourth-order valence-corrected chi connectivity index (χ4v) is 8.82. The lowest BCUT2D eigenvalue weighted by Crippen LogP contribution is -2.07. The number of thiophene rings is 1. The number of hydrogen-bond acceptors (Lipinski definition) is 7. The molecule has 42 heavy (non-hydrogen) atoms. The summed E-state index contributed by atoms with van der Waals surface area (Å²) in [4.78, 5) is 6.45. The minimum Gasteiger partial charge on any atom is -0.485 e. The van der Waals surface area contributed by atoms with E-state index in [4.69, 9.17) is 9.72 Å². The van der Waals surface area contributed by atoms with Crippen LogP contribution in [-0.4, -0.2) is 14.6 Å². The largest absolute Gasteiger partial charge is 0.485 e. The third kappa shape index (κ3) is 3.81. The molecule has 1 atom stereocenters. The molecule has 1 aliphatic heterocycles. The van der Waals surface area contributed by atoms with Crippen LogP contribution < -0.4 is 4.74 Å². The van der Waals surface area contributed by atoms with E-state index in [1.807, 2.05) is 17.4 Å². The standard InChI is InChI=1S/C35H21N3OS3/c1-4-12-26-20(8-1)18-27(39-26)24-17-16-22(23-10-7-15-30-34(23)37-38-42-30)33(35-36-25-11-3-6-14-29(25)41-35)32(24)31-19-21-9-2-5-13-28(21)40-31/h1-17,19,27H,18H2. The van der Waals surface area contributed by atoms with E-state index >= 15 is 0 Å².